The lowest BCUT2D eigenvalue weighted by Crippen LogP contribution is -1.98. The van der Waals surface area contributed by atoms with Crippen LogP contribution < -0.4 is 4.74 Å². The molecule has 0 saturated heterocycles. The fourth-order valence-corrected chi connectivity index (χ4v) is 1.51. The van der Waals surface area contributed by atoms with Gasteiger partial charge in [0.1, 0.15) is 10.8 Å². The third-order valence-electron chi connectivity index (χ3n) is 2.19. The van der Waals surface area contributed by atoms with Gasteiger partial charge in [-0.15, -0.1) is 10.2 Å². The van der Waals surface area contributed by atoms with Crippen molar-refractivity contribution in [2.75, 3.05) is 7.11 Å². The predicted octanol–water partition coefficient (Wildman–Crippen LogP) is 2.16. The summed E-state index contributed by atoms with van der Waals surface area (Å²) in [6.45, 7) is 2.00. The summed E-state index contributed by atoms with van der Waals surface area (Å²) in [6, 6.07) is 5.19. The SMILES string of the molecule is CCc1cc(Cl)nc(-c2ccc(OC)nn2)n1. The van der Waals surface area contributed by atoms with Gasteiger partial charge in [0.05, 0.1) is 7.11 Å². The van der Waals surface area contributed by atoms with Crippen LogP contribution in [0.15, 0.2) is 18.2 Å². The van der Waals surface area contributed by atoms with Crippen LogP contribution in [0.5, 0.6) is 5.88 Å². The van der Waals surface area contributed by atoms with E-state index in [1.165, 1.54) is 7.11 Å². The normalized spacial score (nSPS) is 10.3. The van der Waals surface area contributed by atoms with Gasteiger partial charge in [-0.25, -0.2) is 9.97 Å². The second-order valence-corrected chi connectivity index (χ2v) is 3.71. The van der Waals surface area contributed by atoms with Crippen LogP contribution in [0.2, 0.25) is 5.15 Å². The average Bonchev–Trinajstić information content (AvgIpc) is 2.38. The van der Waals surface area contributed by atoms with Crippen molar-refractivity contribution in [2.45, 2.75) is 13.3 Å². The molecule has 0 aliphatic carbocycles. The second kappa shape index (κ2) is 5.05. The molecule has 0 aromatic carbocycles. The van der Waals surface area contributed by atoms with E-state index in [4.69, 9.17) is 16.3 Å². The van der Waals surface area contributed by atoms with Crippen LogP contribution in [0.1, 0.15) is 12.6 Å². The Morgan fingerprint density at radius 1 is 1.24 bits per heavy atom. The van der Waals surface area contributed by atoms with Crippen molar-refractivity contribution in [1.82, 2.24) is 20.2 Å². The van der Waals surface area contributed by atoms with E-state index in [1.807, 2.05) is 6.92 Å². The summed E-state index contributed by atoms with van der Waals surface area (Å²) in [7, 11) is 1.54. The molecule has 2 rings (SSSR count). The molecule has 0 atom stereocenters. The lowest BCUT2D eigenvalue weighted by molar-refractivity contribution is 0.392. The molecule has 0 fully saturated rings. The van der Waals surface area contributed by atoms with E-state index in [-0.39, 0.29) is 0 Å². The highest BCUT2D eigenvalue weighted by Crippen LogP contribution is 2.17. The maximum atomic E-state index is 5.91. The molecule has 2 aromatic rings. The molecule has 0 bridgehead atoms. The molecular weight excluding hydrogens is 240 g/mol. The minimum Gasteiger partial charge on any atom is -0.480 e. The summed E-state index contributed by atoms with van der Waals surface area (Å²) < 4.78 is 4.93. The highest BCUT2D eigenvalue weighted by Gasteiger charge is 2.07. The van der Waals surface area contributed by atoms with Crippen molar-refractivity contribution in [3.05, 3.63) is 29.0 Å². The molecule has 0 saturated carbocycles. The molecule has 0 radical (unpaired) electrons. The number of halogens is 1. The molecule has 17 heavy (non-hydrogen) atoms. The largest absolute Gasteiger partial charge is 0.480 e. The zero-order valence-electron chi connectivity index (χ0n) is 9.51. The maximum Gasteiger partial charge on any atom is 0.233 e. The Kier molecular flexibility index (Phi) is 3.49. The van der Waals surface area contributed by atoms with E-state index in [1.54, 1.807) is 18.2 Å². The van der Waals surface area contributed by atoms with Crippen LogP contribution in [0, 0.1) is 0 Å². The lowest BCUT2D eigenvalue weighted by Gasteiger charge is -2.03. The Bertz CT molecular complexity index is 515. The average molecular weight is 251 g/mol. The van der Waals surface area contributed by atoms with E-state index >= 15 is 0 Å². The smallest absolute Gasteiger partial charge is 0.233 e. The first-order valence-corrected chi connectivity index (χ1v) is 5.52. The standard InChI is InChI=1S/C11H11ClN4O/c1-3-7-6-9(12)14-11(13-7)8-4-5-10(17-2)16-15-8/h4-6H,3H2,1-2H3. The van der Waals surface area contributed by atoms with E-state index in [2.05, 4.69) is 20.2 Å². The van der Waals surface area contributed by atoms with Gasteiger partial charge in [0, 0.05) is 11.8 Å². The molecule has 2 heterocycles. The van der Waals surface area contributed by atoms with Gasteiger partial charge in [0.25, 0.3) is 0 Å². The summed E-state index contributed by atoms with van der Waals surface area (Å²) in [6.07, 6.45) is 0.790. The van der Waals surface area contributed by atoms with Crippen LogP contribution in [-0.2, 0) is 6.42 Å². The number of aromatic nitrogens is 4. The van der Waals surface area contributed by atoms with Crippen molar-refractivity contribution in [2.24, 2.45) is 0 Å². The van der Waals surface area contributed by atoms with Crippen LogP contribution in [0.3, 0.4) is 0 Å². The van der Waals surface area contributed by atoms with E-state index < -0.39 is 0 Å². The van der Waals surface area contributed by atoms with E-state index in [9.17, 15) is 0 Å². The first kappa shape index (κ1) is 11.7. The lowest BCUT2D eigenvalue weighted by atomic mass is 10.3. The number of rotatable bonds is 3. The molecule has 0 amide bonds. The van der Waals surface area contributed by atoms with Crippen molar-refractivity contribution in [3.8, 4) is 17.4 Å². The predicted molar refractivity (Wildman–Crippen MR) is 64.0 cm³/mol. The first-order valence-electron chi connectivity index (χ1n) is 5.14. The summed E-state index contributed by atoms with van der Waals surface area (Å²) in [5.41, 5.74) is 1.45. The Labute approximate surface area is 104 Å². The number of hydrogen-bond acceptors (Lipinski definition) is 5. The highest BCUT2D eigenvalue weighted by atomic mass is 35.5. The number of ether oxygens (including phenoxy) is 1. The van der Waals surface area contributed by atoms with Crippen molar-refractivity contribution >= 4 is 11.6 Å². The second-order valence-electron chi connectivity index (χ2n) is 3.32. The first-order chi connectivity index (χ1) is 8.22. The molecule has 2 aromatic heterocycles. The van der Waals surface area contributed by atoms with E-state index in [0.29, 0.717) is 22.6 Å². The minimum atomic E-state index is 0.407. The van der Waals surface area contributed by atoms with E-state index in [0.717, 1.165) is 12.1 Å². The summed E-state index contributed by atoms with van der Waals surface area (Å²) >= 11 is 5.91. The van der Waals surface area contributed by atoms with Gasteiger partial charge in [-0.3, -0.25) is 0 Å². The van der Waals surface area contributed by atoms with Crippen LogP contribution in [-0.4, -0.2) is 27.3 Å². The Morgan fingerprint density at radius 2 is 2.06 bits per heavy atom. The number of methoxy groups -OCH3 is 1. The van der Waals surface area contributed by atoms with Gasteiger partial charge in [-0.1, -0.05) is 18.5 Å². The fourth-order valence-electron chi connectivity index (χ4n) is 1.31. The third kappa shape index (κ3) is 2.68. The molecule has 6 heteroatoms. The minimum absolute atomic E-state index is 0.407. The van der Waals surface area contributed by atoms with Crippen LogP contribution >= 0.6 is 11.6 Å². The van der Waals surface area contributed by atoms with Crippen molar-refractivity contribution in [3.63, 3.8) is 0 Å². The topological polar surface area (TPSA) is 60.8 Å². The summed E-state index contributed by atoms with van der Waals surface area (Å²) in [4.78, 5) is 8.46. The molecule has 88 valence electrons. The highest BCUT2D eigenvalue weighted by molar-refractivity contribution is 6.29. The van der Waals surface area contributed by atoms with Crippen LogP contribution in [0.25, 0.3) is 11.5 Å². The summed E-state index contributed by atoms with van der Waals surface area (Å²) in [5.74, 6) is 0.927. The zero-order valence-corrected chi connectivity index (χ0v) is 10.3. The number of aryl methyl sites for hydroxylation is 1. The Hall–Kier alpha value is -1.75. The van der Waals surface area contributed by atoms with Gasteiger partial charge in [-0.05, 0) is 18.6 Å². The van der Waals surface area contributed by atoms with Gasteiger partial charge in [-0.2, -0.15) is 0 Å². The van der Waals surface area contributed by atoms with Gasteiger partial charge in [0.2, 0.25) is 5.88 Å². The molecular formula is C11H11ClN4O. The zero-order chi connectivity index (χ0) is 12.3. The number of nitrogens with zero attached hydrogens (tertiary/aromatic N) is 4. The van der Waals surface area contributed by atoms with Crippen LogP contribution in [0.4, 0.5) is 0 Å². The molecule has 0 N–H and O–H groups in total. The quantitative estimate of drug-likeness (QED) is 0.782. The van der Waals surface area contributed by atoms with Gasteiger partial charge in [0.15, 0.2) is 5.82 Å². The fraction of sp³-hybridized carbons (Fsp3) is 0.273. The molecule has 0 spiro atoms. The Morgan fingerprint density at radius 3 is 2.65 bits per heavy atom. The van der Waals surface area contributed by atoms with Crippen molar-refractivity contribution < 1.29 is 4.74 Å². The molecule has 5 nitrogen and oxygen atoms in total. The van der Waals surface area contributed by atoms with Gasteiger partial charge >= 0.3 is 0 Å². The van der Waals surface area contributed by atoms with Crippen molar-refractivity contribution in [1.29, 1.82) is 0 Å². The number of hydrogen-bond donors (Lipinski definition) is 0. The third-order valence-corrected chi connectivity index (χ3v) is 2.38. The Balaban J connectivity index is 2.41. The molecule has 0 aliphatic rings. The van der Waals surface area contributed by atoms with Gasteiger partial charge < -0.3 is 4.74 Å². The maximum absolute atomic E-state index is 5.91. The summed E-state index contributed by atoms with van der Waals surface area (Å²) in [5, 5.41) is 8.25. The molecule has 0 aliphatic heterocycles. The molecule has 0 unspecified atom stereocenters. The monoisotopic (exact) mass is 250 g/mol.